The summed E-state index contributed by atoms with van der Waals surface area (Å²) < 4.78 is 5.69. The summed E-state index contributed by atoms with van der Waals surface area (Å²) in [6.07, 6.45) is 3.40. The number of nitrogens with two attached hydrogens (primary N) is 1. The number of rotatable bonds is 8. The molecule has 0 aromatic carbocycles. The van der Waals surface area contributed by atoms with Crippen LogP contribution in [0.4, 0.5) is 0 Å². The van der Waals surface area contributed by atoms with Crippen LogP contribution in [-0.2, 0) is 9.53 Å². The topological polar surface area (TPSA) is 67.6 Å². The molecule has 1 saturated heterocycles. The molecule has 0 aromatic heterocycles. The zero-order chi connectivity index (χ0) is 14.3. The molecule has 1 rings (SSSR count). The van der Waals surface area contributed by atoms with Crippen LogP contribution in [0, 0.1) is 0 Å². The molecule has 5 heteroatoms. The molecule has 0 radical (unpaired) electrons. The number of hydrogen-bond donors (Lipinski definition) is 2. The molecule has 0 saturated carbocycles. The van der Waals surface area contributed by atoms with Gasteiger partial charge in [-0.25, -0.2) is 0 Å². The molecular weight excluding hydrogens is 242 g/mol. The summed E-state index contributed by atoms with van der Waals surface area (Å²) in [5, 5.41) is 3.20. The van der Waals surface area contributed by atoms with Crippen LogP contribution in [0.15, 0.2) is 0 Å². The highest BCUT2D eigenvalue weighted by Gasteiger charge is 2.31. The van der Waals surface area contributed by atoms with Crippen LogP contribution in [0.25, 0.3) is 0 Å². The minimum atomic E-state index is -0.604. The molecule has 0 aliphatic carbocycles. The Labute approximate surface area is 116 Å². The van der Waals surface area contributed by atoms with E-state index in [9.17, 15) is 4.79 Å². The van der Waals surface area contributed by atoms with Gasteiger partial charge in [0.05, 0.1) is 11.6 Å². The minimum absolute atomic E-state index is 0.271. The maximum atomic E-state index is 11.6. The van der Waals surface area contributed by atoms with Gasteiger partial charge >= 0.3 is 0 Å². The summed E-state index contributed by atoms with van der Waals surface area (Å²) in [5.74, 6) is -0.271. The summed E-state index contributed by atoms with van der Waals surface area (Å²) in [5.41, 5.74) is 4.90. The largest absolute Gasteiger partial charge is 0.377 e. The van der Waals surface area contributed by atoms with Gasteiger partial charge in [-0.05, 0) is 46.2 Å². The molecule has 0 spiro atoms. The van der Waals surface area contributed by atoms with E-state index in [4.69, 9.17) is 10.5 Å². The first-order valence-electron chi connectivity index (χ1n) is 7.40. The highest BCUT2D eigenvalue weighted by atomic mass is 16.5. The Morgan fingerprint density at radius 3 is 2.84 bits per heavy atom. The quantitative estimate of drug-likeness (QED) is 0.683. The predicted octanol–water partition coefficient (Wildman–Crippen LogP) is 0.731. The molecule has 3 N–H and O–H groups in total. The second-order valence-corrected chi connectivity index (χ2v) is 5.50. The van der Waals surface area contributed by atoms with Crippen LogP contribution in [0.2, 0.25) is 0 Å². The van der Waals surface area contributed by atoms with Gasteiger partial charge in [0.2, 0.25) is 5.91 Å². The van der Waals surface area contributed by atoms with E-state index < -0.39 is 5.54 Å². The molecule has 0 aromatic rings. The average Bonchev–Trinajstić information content (AvgIpc) is 2.37. The van der Waals surface area contributed by atoms with Crippen molar-refractivity contribution in [3.8, 4) is 0 Å². The molecule has 5 nitrogen and oxygen atoms in total. The first kappa shape index (κ1) is 16.4. The van der Waals surface area contributed by atoms with Crippen molar-refractivity contribution < 1.29 is 9.53 Å². The van der Waals surface area contributed by atoms with Gasteiger partial charge in [0.1, 0.15) is 0 Å². The van der Waals surface area contributed by atoms with Gasteiger partial charge in [-0.1, -0.05) is 6.92 Å². The molecule has 1 heterocycles. The molecular formula is C14H29N3O2. The predicted molar refractivity (Wildman–Crippen MR) is 77.0 cm³/mol. The fourth-order valence-electron chi connectivity index (χ4n) is 2.66. The number of primary amides is 1. The lowest BCUT2D eigenvalue weighted by molar-refractivity contribution is -0.124. The lowest BCUT2D eigenvalue weighted by Crippen LogP contribution is -2.55. The van der Waals surface area contributed by atoms with Crippen molar-refractivity contribution in [2.24, 2.45) is 5.73 Å². The number of piperidine rings is 1. The van der Waals surface area contributed by atoms with Crippen molar-refractivity contribution in [1.82, 2.24) is 10.2 Å². The molecule has 2 atom stereocenters. The third kappa shape index (κ3) is 5.09. The summed E-state index contributed by atoms with van der Waals surface area (Å²) >= 11 is 0. The fourth-order valence-corrected chi connectivity index (χ4v) is 2.66. The van der Waals surface area contributed by atoms with Crippen molar-refractivity contribution in [3.05, 3.63) is 0 Å². The first-order chi connectivity index (χ1) is 9.01. The van der Waals surface area contributed by atoms with Crippen molar-refractivity contribution in [2.45, 2.75) is 51.7 Å². The SMILES string of the molecule is CCNC(C)(CCN1CCCC(OCC)C1)C(N)=O. The number of likely N-dealkylation sites (tertiary alicyclic amines) is 1. The Hall–Kier alpha value is -0.650. The normalized spacial score (nSPS) is 24.1. The number of carbonyl (C=O) groups is 1. The fraction of sp³-hybridized carbons (Fsp3) is 0.929. The molecule has 112 valence electrons. The number of nitrogens with zero attached hydrogens (tertiary/aromatic N) is 1. The Kier molecular flexibility index (Phi) is 6.75. The van der Waals surface area contributed by atoms with Gasteiger partial charge in [-0.2, -0.15) is 0 Å². The average molecular weight is 271 g/mol. The Morgan fingerprint density at radius 2 is 2.26 bits per heavy atom. The second-order valence-electron chi connectivity index (χ2n) is 5.50. The van der Waals surface area contributed by atoms with Crippen molar-refractivity contribution in [2.75, 3.05) is 32.8 Å². The van der Waals surface area contributed by atoms with Crippen molar-refractivity contribution in [1.29, 1.82) is 0 Å². The van der Waals surface area contributed by atoms with Gasteiger partial charge in [0.15, 0.2) is 0 Å². The van der Waals surface area contributed by atoms with Crippen LogP contribution in [0.3, 0.4) is 0 Å². The van der Waals surface area contributed by atoms with Crippen LogP contribution in [-0.4, -0.2) is 55.2 Å². The van der Waals surface area contributed by atoms with Crippen molar-refractivity contribution >= 4 is 5.91 Å². The number of ether oxygens (including phenoxy) is 1. The lowest BCUT2D eigenvalue weighted by atomic mass is 9.95. The van der Waals surface area contributed by atoms with Crippen LogP contribution in [0.1, 0.15) is 40.0 Å². The minimum Gasteiger partial charge on any atom is -0.377 e. The highest BCUT2D eigenvalue weighted by Crippen LogP contribution is 2.16. The van der Waals surface area contributed by atoms with E-state index in [0.29, 0.717) is 6.10 Å². The van der Waals surface area contributed by atoms with Gasteiger partial charge in [0, 0.05) is 19.7 Å². The zero-order valence-corrected chi connectivity index (χ0v) is 12.6. The molecule has 1 amide bonds. The lowest BCUT2D eigenvalue weighted by Gasteiger charge is -2.35. The monoisotopic (exact) mass is 271 g/mol. The molecule has 2 unspecified atom stereocenters. The summed E-state index contributed by atoms with van der Waals surface area (Å²) in [7, 11) is 0. The Balaban J connectivity index is 2.43. The van der Waals surface area contributed by atoms with Gasteiger partial charge in [-0.15, -0.1) is 0 Å². The molecule has 1 aliphatic heterocycles. The molecule has 1 fully saturated rings. The Bertz CT molecular complexity index is 284. The molecule has 0 bridgehead atoms. The van der Waals surface area contributed by atoms with Gasteiger partial charge in [-0.3, -0.25) is 4.79 Å². The summed E-state index contributed by atoms with van der Waals surface area (Å²) in [4.78, 5) is 13.9. The number of carbonyl (C=O) groups excluding carboxylic acids is 1. The number of amides is 1. The summed E-state index contributed by atoms with van der Waals surface area (Å²) in [6.45, 7) is 10.4. The van der Waals surface area contributed by atoms with Crippen LogP contribution < -0.4 is 11.1 Å². The van der Waals surface area contributed by atoms with E-state index in [0.717, 1.165) is 45.6 Å². The van der Waals surface area contributed by atoms with E-state index in [1.54, 1.807) is 0 Å². The Morgan fingerprint density at radius 1 is 1.53 bits per heavy atom. The smallest absolute Gasteiger partial charge is 0.237 e. The van der Waals surface area contributed by atoms with E-state index in [2.05, 4.69) is 10.2 Å². The van der Waals surface area contributed by atoms with Crippen LogP contribution in [0.5, 0.6) is 0 Å². The van der Waals surface area contributed by atoms with Crippen LogP contribution >= 0.6 is 0 Å². The third-order valence-corrected chi connectivity index (χ3v) is 3.90. The van der Waals surface area contributed by atoms with E-state index in [1.165, 1.54) is 6.42 Å². The number of hydrogen-bond acceptors (Lipinski definition) is 4. The van der Waals surface area contributed by atoms with E-state index in [1.807, 2.05) is 20.8 Å². The molecule has 1 aliphatic rings. The molecule has 19 heavy (non-hydrogen) atoms. The standard InChI is InChI=1S/C14H29N3O2/c1-4-16-14(3,13(15)18)8-10-17-9-6-7-12(11-17)19-5-2/h12,16H,4-11H2,1-3H3,(H2,15,18). The van der Waals surface area contributed by atoms with Gasteiger partial charge < -0.3 is 20.7 Å². The second kappa shape index (κ2) is 7.82. The first-order valence-corrected chi connectivity index (χ1v) is 7.40. The van der Waals surface area contributed by atoms with E-state index >= 15 is 0 Å². The maximum absolute atomic E-state index is 11.6. The highest BCUT2D eigenvalue weighted by molar-refractivity contribution is 5.84. The van der Waals surface area contributed by atoms with Gasteiger partial charge in [0.25, 0.3) is 0 Å². The number of nitrogens with one attached hydrogen (secondary N) is 1. The zero-order valence-electron chi connectivity index (χ0n) is 12.6. The summed E-state index contributed by atoms with van der Waals surface area (Å²) in [6, 6.07) is 0. The van der Waals surface area contributed by atoms with E-state index in [-0.39, 0.29) is 5.91 Å². The third-order valence-electron chi connectivity index (χ3n) is 3.90. The maximum Gasteiger partial charge on any atom is 0.237 e. The van der Waals surface area contributed by atoms with Crippen molar-refractivity contribution in [3.63, 3.8) is 0 Å². The number of likely N-dealkylation sites (N-methyl/N-ethyl adjacent to an activating group) is 1.